The number of furan rings is 1. The van der Waals surface area contributed by atoms with Crippen LogP contribution in [-0.2, 0) is 6.42 Å². The van der Waals surface area contributed by atoms with Gasteiger partial charge in [0.15, 0.2) is 23.4 Å². The number of ether oxygens (including phenoxy) is 2. The Bertz CT molecular complexity index is 869. The maximum Gasteiger partial charge on any atom is 0.258 e. The molecule has 1 aromatic carbocycles. The first kappa shape index (κ1) is 16.7. The van der Waals surface area contributed by atoms with Crippen molar-refractivity contribution in [2.24, 2.45) is 0 Å². The van der Waals surface area contributed by atoms with Gasteiger partial charge in [0.05, 0.1) is 17.7 Å². The van der Waals surface area contributed by atoms with Crippen LogP contribution in [0.4, 0.5) is 0 Å². The monoisotopic (exact) mass is 355 g/mol. The molecule has 4 rings (SSSR count). The van der Waals surface area contributed by atoms with Crippen LogP contribution < -0.4 is 9.47 Å². The number of para-hydroxylation sites is 2. The zero-order valence-electron chi connectivity index (χ0n) is 14.9. The second-order valence-corrected chi connectivity index (χ2v) is 6.79. The Morgan fingerprint density at radius 1 is 1.23 bits per heavy atom. The highest BCUT2D eigenvalue weighted by Gasteiger charge is 2.33. The summed E-state index contributed by atoms with van der Waals surface area (Å²) < 4.78 is 17.3. The van der Waals surface area contributed by atoms with E-state index in [0.717, 1.165) is 6.42 Å². The van der Waals surface area contributed by atoms with Crippen LogP contribution in [0.15, 0.2) is 28.7 Å². The molecule has 2 aliphatic rings. The second-order valence-electron chi connectivity index (χ2n) is 6.79. The smallest absolute Gasteiger partial charge is 0.258 e. The topological polar surface area (TPSA) is 69.0 Å². The third-order valence-corrected chi connectivity index (χ3v) is 4.85. The van der Waals surface area contributed by atoms with E-state index in [0.29, 0.717) is 60.1 Å². The maximum absolute atomic E-state index is 13.0. The molecule has 0 saturated carbocycles. The van der Waals surface area contributed by atoms with E-state index in [1.165, 1.54) is 0 Å². The highest BCUT2D eigenvalue weighted by Crippen LogP contribution is 2.32. The lowest BCUT2D eigenvalue weighted by Gasteiger charge is -2.29. The third kappa shape index (κ3) is 2.85. The number of hydrogen-bond donors (Lipinski definition) is 0. The van der Waals surface area contributed by atoms with Gasteiger partial charge in [-0.2, -0.15) is 0 Å². The number of carbonyl (C=O) groups is 2. The zero-order valence-corrected chi connectivity index (χ0v) is 14.9. The van der Waals surface area contributed by atoms with Crippen LogP contribution in [0, 0.1) is 6.92 Å². The molecule has 1 aromatic heterocycles. The normalized spacial score (nSPS) is 18.4. The Morgan fingerprint density at radius 2 is 2.00 bits per heavy atom. The Morgan fingerprint density at radius 3 is 2.81 bits per heavy atom. The lowest BCUT2D eigenvalue weighted by Crippen LogP contribution is -2.42. The van der Waals surface area contributed by atoms with Gasteiger partial charge in [-0.05, 0) is 25.5 Å². The lowest BCUT2D eigenvalue weighted by atomic mass is 9.93. The highest BCUT2D eigenvalue weighted by atomic mass is 16.6. The Kier molecular flexibility index (Phi) is 4.18. The van der Waals surface area contributed by atoms with Gasteiger partial charge < -0.3 is 18.8 Å². The van der Waals surface area contributed by atoms with Gasteiger partial charge in [-0.25, -0.2) is 0 Å². The first-order valence-electron chi connectivity index (χ1n) is 8.84. The Balaban J connectivity index is 1.51. The molecule has 2 heterocycles. The predicted molar refractivity (Wildman–Crippen MR) is 94.0 cm³/mol. The van der Waals surface area contributed by atoms with Crippen LogP contribution in [-0.4, -0.2) is 42.9 Å². The van der Waals surface area contributed by atoms with Gasteiger partial charge in [-0.1, -0.05) is 12.1 Å². The van der Waals surface area contributed by atoms with Crippen molar-refractivity contribution in [3.05, 3.63) is 46.9 Å². The number of benzene rings is 1. The van der Waals surface area contributed by atoms with Gasteiger partial charge in [0.2, 0.25) is 0 Å². The van der Waals surface area contributed by atoms with Crippen LogP contribution in [0.3, 0.4) is 0 Å². The van der Waals surface area contributed by atoms with Crippen molar-refractivity contribution in [1.82, 2.24) is 4.90 Å². The summed E-state index contributed by atoms with van der Waals surface area (Å²) in [4.78, 5) is 26.9. The van der Waals surface area contributed by atoms with E-state index in [4.69, 9.17) is 13.9 Å². The number of aryl methyl sites for hydroxylation is 2. The average molecular weight is 355 g/mol. The fourth-order valence-electron chi connectivity index (χ4n) is 3.60. The van der Waals surface area contributed by atoms with E-state index in [-0.39, 0.29) is 17.8 Å². The van der Waals surface area contributed by atoms with E-state index in [2.05, 4.69) is 0 Å². The van der Waals surface area contributed by atoms with Crippen molar-refractivity contribution in [3.63, 3.8) is 0 Å². The molecular weight excluding hydrogens is 334 g/mol. The van der Waals surface area contributed by atoms with Gasteiger partial charge in [0.25, 0.3) is 5.91 Å². The first-order valence-corrected chi connectivity index (χ1v) is 8.84. The molecule has 0 saturated heterocycles. The van der Waals surface area contributed by atoms with E-state index < -0.39 is 0 Å². The van der Waals surface area contributed by atoms with Crippen LogP contribution in [0.25, 0.3) is 0 Å². The van der Waals surface area contributed by atoms with Crippen molar-refractivity contribution in [2.45, 2.75) is 32.3 Å². The van der Waals surface area contributed by atoms with Gasteiger partial charge in [0.1, 0.15) is 18.1 Å². The molecule has 0 fully saturated rings. The first-order chi connectivity index (χ1) is 12.5. The van der Waals surface area contributed by atoms with E-state index in [9.17, 15) is 9.59 Å². The summed E-state index contributed by atoms with van der Waals surface area (Å²) in [5.41, 5.74) is 0.862. The summed E-state index contributed by atoms with van der Waals surface area (Å²) >= 11 is 0. The zero-order chi connectivity index (χ0) is 18.3. The van der Waals surface area contributed by atoms with Gasteiger partial charge in [-0.3, -0.25) is 9.59 Å². The van der Waals surface area contributed by atoms with E-state index in [1.807, 2.05) is 24.3 Å². The molecule has 26 heavy (non-hydrogen) atoms. The van der Waals surface area contributed by atoms with Crippen molar-refractivity contribution < 1.29 is 23.5 Å². The molecule has 136 valence electrons. The molecule has 1 aliphatic carbocycles. The minimum absolute atomic E-state index is 0.00831. The molecule has 1 aliphatic heterocycles. The molecule has 6 nitrogen and oxygen atoms in total. The molecular formula is C20H21NO5. The minimum Gasteiger partial charge on any atom is -0.486 e. The van der Waals surface area contributed by atoms with Crippen LogP contribution in [0.5, 0.6) is 11.5 Å². The fourth-order valence-corrected chi connectivity index (χ4v) is 3.60. The number of Topliss-reactive ketones (excluding diaryl/α,β-unsaturated/α-hetero) is 1. The van der Waals surface area contributed by atoms with Crippen molar-refractivity contribution in [1.29, 1.82) is 0 Å². The fraction of sp³-hybridized carbons (Fsp3) is 0.400. The molecule has 0 radical (unpaired) electrons. The number of fused-ring (bicyclic) bond motifs is 2. The number of carbonyl (C=O) groups excluding carboxylic acids is 2. The van der Waals surface area contributed by atoms with Gasteiger partial charge in [0, 0.05) is 19.9 Å². The predicted octanol–water partition coefficient (Wildman–Crippen LogP) is 3.02. The number of hydrogen-bond acceptors (Lipinski definition) is 5. The Labute approximate surface area is 151 Å². The SMILES string of the molecule is Cc1oc2c(c1C(=O)N(C)C[C@H]1COc3ccccc3O1)C(=O)CCC2. The van der Waals surface area contributed by atoms with Crippen LogP contribution >= 0.6 is 0 Å². The quantitative estimate of drug-likeness (QED) is 0.846. The summed E-state index contributed by atoms with van der Waals surface area (Å²) in [6.45, 7) is 2.47. The molecule has 0 unspecified atom stereocenters. The van der Waals surface area contributed by atoms with Crippen molar-refractivity contribution in [2.75, 3.05) is 20.2 Å². The Hall–Kier alpha value is -2.76. The van der Waals surface area contributed by atoms with E-state index in [1.54, 1.807) is 18.9 Å². The summed E-state index contributed by atoms with van der Waals surface area (Å²) in [7, 11) is 1.71. The van der Waals surface area contributed by atoms with Gasteiger partial charge in [-0.15, -0.1) is 0 Å². The van der Waals surface area contributed by atoms with Crippen LogP contribution in [0.2, 0.25) is 0 Å². The number of rotatable bonds is 3. The molecule has 6 heteroatoms. The summed E-state index contributed by atoms with van der Waals surface area (Å²) in [6, 6.07) is 7.47. The van der Waals surface area contributed by atoms with E-state index >= 15 is 0 Å². The molecule has 1 amide bonds. The van der Waals surface area contributed by atoms with Crippen LogP contribution in [0.1, 0.15) is 45.1 Å². The average Bonchev–Trinajstić information content (AvgIpc) is 2.98. The molecule has 1 atom stereocenters. The summed E-state index contributed by atoms with van der Waals surface area (Å²) in [5, 5.41) is 0. The summed E-state index contributed by atoms with van der Waals surface area (Å²) in [6.07, 6.45) is 1.67. The standard InChI is InChI=1S/C20H21NO5/c1-12-18(19-14(22)6-5-9-17(19)25-12)20(23)21(2)10-13-11-24-15-7-3-4-8-16(15)26-13/h3-4,7-8,13H,5-6,9-11H2,1-2H3/t13-/m0/s1. The number of amides is 1. The molecule has 2 aromatic rings. The summed E-state index contributed by atoms with van der Waals surface area (Å²) in [5.74, 6) is 2.31. The van der Waals surface area contributed by atoms with Gasteiger partial charge >= 0.3 is 0 Å². The molecule has 0 N–H and O–H groups in total. The number of likely N-dealkylation sites (N-methyl/N-ethyl adjacent to an activating group) is 1. The molecule has 0 bridgehead atoms. The van der Waals surface area contributed by atoms with Crippen molar-refractivity contribution in [3.8, 4) is 11.5 Å². The molecule has 0 spiro atoms. The number of ketones is 1. The second kappa shape index (κ2) is 6.52. The lowest BCUT2D eigenvalue weighted by molar-refractivity contribution is 0.0518. The highest BCUT2D eigenvalue weighted by molar-refractivity contribution is 6.09. The minimum atomic E-state index is -0.266. The maximum atomic E-state index is 13.0. The third-order valence-electron chi connectivity index (χ3n) is 4.85. The number of nitrogens with zero attached hydrogens (tertiary/aromatic N) is 1. The van der Waals surface area contributed by atoms with Crippen molar-refractivity contribution >= 4 is 11.7 Å². The largest absolute Gasteiger partial charge is 0.486 e.